The highest BCUT2D eigenvalue weighted by molar-refractivity contribution is 9.10. The van der Waals surface area contributed by atoms with Crippen molar-refractivity contribution in [2.45, 2.75) is 6.92 Å². The predicted octanol–water partition coefficient (Wildman–Crippen LogP) is 3.45. The summed E-state index contributed by atoms with van der Waals surface area (Å²) in [5.74, 6) is -0.244. The van der Waals surface area contributed by atoms with E-state index in [-0.39, 0.29) is 5.91 Å². The van der Waals surface area contributed by atoms with Gasteiger partial charge in [-0.3, -0.25) is 4.79 Å². The van der Waals surface area contributed by atoms with Gasteiger partial charge in [0.05, 0.1) is 16.9 Å². The number of halogens is 2. The molecule has 2 rings (SSSR count). The molecule has 1 N–H and O–H groups in total. The zero-order chi connectivity index (χ0) is 13.1. The molecule has 0 radical (unpaired) electrons. The maximum absolute atomic E-state index is 11.9. The maximum Gasteiger partial charge on any atom is 0.257 e. The minimum Gasteiger partial charge on any atom is -0.320 e. The van der Waals surface area contributed by atoms with Crippen LogP contribution < -0.4 is 5.32 Å². The number of amides is 1. The Morgan fingerprint density at radius 3 is 2.72 bits per heavy atom. The summed E-state index contributed by atoms with van der Waals surface area (Å²) in [5.41, 5.74) is 1.85. The zero-order valence-electron chi connectivity index (χ0n) is 9.45. The average Bonchev–Trinajstić information content (AvgIpc) is 2.33. The van der Waals surface area contributed by atoms with Gasteiger partial charge in [-0.1, -0.05) is 11.6 Å². The molecular formula is C12H9BrClN3O. The molecule has 0 saturated carbocycles. The molecule has 0 saturated heterocycles. The first-order valence-electron chi connectivity index (χ1n) is 5.12. The first-order chi connectivity index (χ1) is 8.56. The Balaban J connectivity index is 2.18. The van der Waals surface area contributed by atoms with Crippen molar-refractivity contribution in [3.05, 3.63) is 51.5 Å². The van der Waals surface area contributed by atoms with Crippen LogP contribution in [-0.2, 0) is 0 Å². The Morgan fingerprint density at radius 2 is 2.11 bits per heavy atom. The van der Waals surface area contributed by atoms with Crippen molar-refractivity contribution in [2.24, 2.45) is 0 Å². The van der Waals surface area contributed by atoms with E-state index in [1.165, 1.54) is 6.20 Å². The number of nitrogens with one attached hydrogen (secondary N) is 1. The molecule has 6 heteroatoms. The highest BCUT2D eigenvalue weighted by Gasteiger charge is 2.08. The Bertz CT molecular complexity index is 586. The van der Waals surface area contributed by atoms with Crippen LogP contribution in [0.1, 0.15) is 16.1 Å². The van der Waals surface area contributed by atoms with E-state index in [1.807, 2.05) is 6.92 Å². The SMILES string of the molecule is Cc1nc(Br)ccc1NC(=O)c1ccc(Cl)nc1. The first kappa shape index (κ1) is 13.0. The van der Waals surface area contributed by atoms with E-state index >= 15 is 0 Å². The molecule has 18 heavy (non-hydrogen) atoms. The number of carbonyl (C=O) groups excluding carboxylic acids is 1. The van der Waals surface area contributed by atoms with Gasteiger partial charge < -0.3 is 5.32 Å². The van der Waals surface area contributed by atoms with E-state index in [9.17, 15) is 4.79 Å². The van der Waals surface area contributed by atoms with Gasteiger partial charge >= 0.3 is 0 Å². The molecule has 0 aliphatic rings. The van der Waals surface area contributed by atoms with Crippen molar-refractivity contribution in [1.29, 1.82) is 0 Å². The van der Waals surface area contributed by atoms with Gasteiger partial charge in [-0.15, -0.1) is 0 Å². The van der Waals surface area contributed by atoms with Gasteiger partial charge in [0.15, 0.2) is 0 Å². The molecule has 0 aliphatic heterocycles. The van der Waals surface area contributed by atoms with E-state index in [4.69, 9.17) is 11.6 Å². The number of hydrogen-bond donors (Lipinski definition) is 1. The van der Waals surface area contributed by atoms with Crippen LogP contribution in [0.4, 0.5) is 5.69 Å². The number of carbonyl (C=O) groups is 1. The molecule has 0 spiro atoms. The Hall–Kier alpha value is -1.46. The molecule has 0 aliphatic carbocycles. The fraction of sp³-hybridized carbons (Fsp3) is 0.0833. The minimum atomic E-state index is -0.244. The van der Waals surface area contributed by atoms with Crippen LogP contribution in [0.3, 0.4) is 0 Å². The molecule has 4 nitrogen and oxygen atoms in total. The lowest BCUT2D eigenvalue weighted by Gasteiger charge is -2.07. The summed E-state index contributed by atoms with van der Waals surface area (Å²) >= 11 is 8.93. The van der Waals surface area contributed by atoms with Crippen LogP contribution in [0, 0.1) is 6.92 Å². The quantitative estimate of drug-likeness (QED) is 0.860. The molecule has 0 aromatic carbocycles. The molecule has 1 amide bonds. The van der Waals surface area contributed by atoms with Gasteiger partial charge in [-0.05, 0) is 47.1 Å². The monoisotopic (exact) mass is 325 g/mol. The van der Waals surface area contributed by atoms with Crippen LogP contribution in [0.5, 0.6) is 0 Å². The molecule has 0 bridgehead atoms. The standard InChI is InChI=1S/C12H9BrClN3O/c1-7-9(3-4-10(13)16-7)17-12(18)8-2-5-11(14)15-6-8/h2-6H,1H3,(H,17,18). The van der Waals surface area contributed by atoms with Crippen molar-refractivity contribution in [2.75, 3.05) is 5.32 Å². The van der Waals surface area contributed by atoms with E-state index < -0.39 is 0 Å². The van der Waals surface area contributed by atoms with Crippen molar-refractivity contribution in [3.8, 4) is 0 Å². The van der Waals surface area contributed by atoms with Gasteiger partial charge in [0.25, 0.3) is 5.91 Å². The summed E-state index contributed by atoms with van der Waals surface area (Å²) in [6, 6.07) is 6.74. The molecule has 0 atom stereocenters. The van der Waals surface area contributed by atoms with E-state index in [0.717, 1.165) is 10.3 Å². The number of anilines is 1. The molecule has 0 unspecified atom stereocenters. The summed E-state index contributed by atoms with van der Waals surface area (Å²) in [5, 5.41) is 3.12. The van der Waals surface area contributed by atoms with Crippen LogP contribution in [0.15, 0.2) is 35.1 Å². The second-order valence-electron chi connectivity index (χ2n) is 3.59. The number of aromatic nitrogens is 2. The lowest BCUT2D eigenvalue weighted by atomic mass is 10.2. The third kappa shape index (κ3) is 3.05. The smallest absolute Gasteiger partial charge is 0.257 e. The highest BCUT2D eigenvalue weighted by Crippen LogP contribution is 2.17. The fourth-order valence-corrected chi connectivity index (χ4v) is 1.88. The number of nitrogens with zero attached hydrogens (tertiary/aromatic N) is 2. The van der Waals surface area contributed by atoms with Crippen LogP contribution in [-0.4, -0.2) is 15.9 Å². The number of rotatable bonds is 2. The molecular weight excluding hydrogens is 318 g/mol. The predicted molar refractivity (Wildman–Crippen MR) is 73.9 cm³/mol. The van der Waals surface area contributed by atoms with Crippen LogP contribution in [0.25, 0.3) is 0 Å². The summed E-state index contributed by atoms with van der Waals surface area (Å²) in [6.45, 7) is 1.82. The van der Waals surface area contributed by atoms with Gasteiger partial charge in [-0.2, -0.15) is 0 Å². The molecule has 0 fully saturated rings. The first-order valence-corrected chi connectivity index (χ1v) is 6.29. The summed E-state index contributed by atoms with van der Waals surface area (Å²) in [4.78, 5) is 20.0. The summed E-state index contributed by atoms with van der Waals surface area (Å²) in [6.07, 6.45) is 1.43. The van der Waals surface area contributed by atoms with E-state index in [2.05, 4.69) is 31.2 Å². The number of hydrogen-bond acceptors (Lipinski definition) is 3. The van der Waals surface area contributed by atoms with Gasteiger partial charge in [0, 0.05) is 6.20 Å². The number of pyridine rings is 2. The lowest BCUT2D eigenvalue weighted by molar-refractivity contribution is 0.102. The van der Waals surface area contributed by atoms with Gasteiger partial charge in [0.1, 0.15) is 9.76 Å². The van der Waals surface area contributed by atoms with Crippen molar-refractivity contribution in [1.82, 2.24) is 9.97 Å². The topological polar surface area (TPSA) is 54.9 Å². The number of aryl methyl sites for hydroxylation is 1. The lowest BCUT2D eigenvalue weighted by Crippen LogP contribution is -2.13. The second-order valence-corrected chi connectivity index (χ2v) is 4.79. The van der Waals surface area contributed by atoms with Gasteiger partial charge in [0.2, 0.25) is 0 Å². The molecule has 2 aromatic rings. The van der Waals surface area contributed by atoms with Gasteiger partial charge in [-0.25, -0.2) is 9.97 Å². The highest BCUT2D eigenvalue weighted by atomic mass is 79.9. The Labute approximate surface area is 118 Å². The van der Waals surface area contributed by atoms with E-state index in [0.29, 0.717) is 16.4 Å². The molecule has 92 valence electrons. The van der Waals surface area contributed by atoms with Crippen molar-refractivity contribution >= 4 is 39.1 Å². The maximum atomic E-state index is 11.9. The normalized spacial score (nSPS) is 10.2. The third-order valence-corrected chi connectivity index (χ3v) is 2.95. The summed E-state index contributed by atoms with van der Waals surface area (Å²) < 4.78 is 0.728. The fourth-order valence-electron chi connectivity index (χ4n) is 1.37. The second kappa shape index (κ2) is 5.46. The zero-order valence-corrected chi connectivity index (χ0v) is 11.8. The molecule has 2 heterocycles. The van der Waals surface area contributed by atoms with Crippen molar-refractivity contribution < 1.29 is 4.79 Å². The Kier molecular flexibility index (Phi) is 3.93. The largest absolute Gasteiger partial charge is 0.320 e. The van der Waals surface area contributed by atoms with Crippen LogP contribution >= 0.6 is 27.5 Å². The molecule has 2 aromatic heterocycles. The van der Waals surface area contributed by atoms with Crippen molar-refractivity contribution in [3.63, 3.8) is 0 Å². The van der Waals surface area contributed by atoms with Crippen LogP contribution in [0.2, 0.25) is 5.15 Å². The summed E-state index contributed by atoms with van der Waals surface area (Å²) in [7, 11) is 0. The third-order valence-electron chi connectivity index (χ3n) is 2.29. The Morgan fingerprint density at radius 1 is 1.33 bits per heavy atom. The average molecular weight is 327 g/mol. The minimum absolute atomic E-state index is 0.244. The van der Waals surface area contributed by atoms with E-state index in [1.54, 1.807) is 24.3 Å².